The van der Waals surface area contributed by atoms with Crippen LogP contribution in [0.3, 0.4) is 0 Å². The zero-order valence-electron chi connectivity index (χ0n) is 19.1. The van der Waals surface area contributed by atoms with Gasteiger partial charge in [0.1, 0.15) is 0 Å². The van der Waals surface area contributed by atoms with Crippen LogP contribution in [-0.2, 0) is 29.6 Å². The van der Waals surface area contributed by atoms with Crippen LogP contribution in [0.1, 0.15) is 34.6 Å². The predicted molar refractivity (Wildman–Crippen MR) is 121 cm³/mol. The molecule has 6 nitrogen and oxygen atoms in total. The normalized spacial score (nSPS) is 22.4. The number of nitrogens with one attached hydrogen (secondary N) is 1. The average molecular weight is 454 g/mol. The van der Waals surface area contributed by atoms with Gasteiger partial charge in [-0.25, -0.2) is 0 Å². The van der Waals surface area contributed by atoms with E-state index in [1.165, 1.54) is 6.92 Å². The van der Waals surface area contributed by atoms with Gasteiger partial charge in [0.25, 0.3) is 0 Å². The Hall–Kier alpha value is -1.51. The molecule has 1 aliphatic rings. The van der Waals surface area contributed by atoms with Gasteiger partial charge in [0.15, 0.2) is 8.32 Å². The number of hydrogen-bond acceptors (Lipinski definition) is 5. The van der Waals surface area contributed by atoms with Gasteiger partial charge >= 0.3 is 5.97 Å². The topological polar surface area (TPSA) is 81.7 Å². The summed E-state index contributed by atoms with van der Waals surface area (Å²) in [6, 6.07) is 8.95. The second kappa shape index (κ2) is 9.74. The molecule has 1 unspecified atom stereocenters. The Bertz CT molecular complexity index is 777. The standard InChI is InChI=1S/C22H35NO5SSi/c1-15(28-30(6,7)22(3,4)5)19-20(23-21(19)25)17(13-27-16(2)24)14-29(26)18-11-9-8-10-12-18/h8-12,15,17,19-20H,13-14H2,1-7H3,(H,23,25)/t15-,17+,19-,20-,29?/m1/s1. The van der Waals surface area contributed by atoms with Crippen LogP contribution in [0.4, 0.5) is 0 Å². The third-order valence-electron chi connectivity index (χ3n) is 6.17. The van der Waals surface area contributed by atoms with Gasteiger partial charge in [0, 0.05) is 29.5 Å². The Balaban J connectivity index is 2.17. The Morgan fingerprint density at radius 3 is 2.33 bits per heavy atom. The summed E-state index contributed by atoms with van der Waals surface area (Å²) >= 11 is 0. The second-order valence-electron chi connectivity index (χ2n) is 9.53. The third kappa shape index (κ3) is 6.01. The van der Waals surface area contributed by atoms with Crippen LogP contribution in [0, 0.1) is 11.8 Å². The highest BCUT2D eigenvalue weighted by molar-refractivity contribution is 7.85. The van der Waals surface area contributed by atoms with Gasteiger partial charge in [-0.05, 0) is 37.2 Å². The molecular formula is C22H35NO5SSi. The minimum absolute atomic E-state index is 0.0307. The molecule has 1 heterocycles. The molecule has 1 aromatic carbocycles. The lowest BCUT2D eigenvalue weighted by Crippen LogP contribution is -2.67. The summed E-state index contributed by atoms with van der Waals surface area (Å²) < 4.78 is 24.6. The lowest BCUT2D eigenvalue weighted by molar-refractivity contribution is -0.147. The van der Waals surface area contributed by atoms with Gasteiger partial charge in [-0.15, -0.1) is 0 Å². The Labute approximate surface area is 183 Å². The number of hydrogen-bond donors (Lipinski definition) is 1. The van der Waals surface area contributed by atoms with Crippen molar-refractivity contribution in [3.8, 4) is 0 Å². The summed E-state index contributed by atoms with van der Waals surface area (Å²) in [6.45, 7) is 14.2. The SMILES string of the molecule is CC(=O)OC[C@@H](CS(=O)c1ccccc1)[C@H]1NC(=O)[C@@H]1[C@@H](C)O[Si](C)(C)C(C)(C)C. The number of benzene rings is 1. The van der Waals surface area contributed by atoms with Gasteiger partial charge in [-0.3, -0.25) is 13.8 Å². The van der Waals surface area contributed by atoms with E-state index >= 15 is 0 Å². The molecule has 0 aliphatic carbocycles. The van der Waals surface area contributed by atoms with Gasteiger partial charge in [0.05, 0.1) is 29.4 Å². The van der Waals surface area contributed by atoms with E-state index in [1.807, 2.05) is 37.3 Å². The zero-order chi connectivity index (χ0) is 22.7. The molecule has 1 amide bonds. The number of carbonyl (C=O) groups is 2. The van der Waals surface area contributed by atoms with E-state index in [0.29, 0.717) is 5.75 Å². The van der Waals surface area contributed by atoms with Crippen molar-refractivity contribution in [3.05, 3.63) is 30.3 Å². The maximum atomic E-state index is 12.9. The zero-order valence-corrected chi connectivity index (χ0v) is 20.9. The number of β-lactam (4-membered cyclic amide) rings is 1. The summed E-state index contributed by atoms with van der Waals surface area (Å²) in [6.07, 6.45) is -0.269. The number of esters is 1. The molecule has 8 heteroatoms. The first-order chi connectivity index (χ1) is 13.8. The van der Waals surface area contributed by atoms with Crippen molar-refractivity contribution in [2.45, 2.75) is 69.8 Å². The van der Waals surface area contributed by atoms with Crippen LogP contribution < -0.4 is 5.32 Å². The van der Waals surface area contributed by atoms with E-state index < -0.39 is 25.1 Å². The molecular weight excluding hydrogens is 418 g/mol. The minimum atomic E-state index is -2.05. The van der Waals surface area contributed by atoms with Crippen LogP contribution in [0.25, 0.3) is 0 Å². The van der Waals surface area contributed by atoms with Crippen molar-refractivity contribution >= 4 is 31.0 Å². The number of carbonyl (C=O) groups excluding carboxylic acids is 2. The molecule has 1 aromatic rings. The Morgan fingerprint density at radius 1 is 1.23 bits per heavy atom. The number of ether oxygens (including phenoxy) is 1. The van der Waals surface area contributed by atoms with Crippen molar-refractivity contribution in [2.75, 3.05) is 12.4 Å². The molecule has 1 fully saturated rings. The fourth-order valence-electron chi connectivity index (χ4n) is 3.39. The highest BCUT2D eigenvalue weighted by atomic mass is 32.2. The summed E-state index contributed by atoms with van der Waals surface area (Å²) in [7, 11) is -3.32. The van der Waals surface area contributed by atoms with Gasteiger partial charge in [0.2, 0.25) is 5.91 Å². The van der Waals surface area contributed by atoms with Crippen LogP contribution in [0.5, 0.6) is 0 Å². The third-order valence-corrected chi connectivity index (χ3v) is 12.3. The van der Waals surface area contributed by atoms with E-state index in [1.54, 1.807) is 0 Å². The van der Waals surface area contributed by atoms with E-state index in [2.05, 4.69) is 39.2 Å². The molecule has 1 aliphatic heterocycles. The maximum Gasteiger partial charge on any atom is 0.302 e. The quantitative estimate of drug-likeness (QED) is 0.352. The van der Waals surface area contributed by atoms with Crippen molar-refractivity contribution < 1.29 is 23.0 Å². The van der Waals surface area contributed by atoms with E-state index in [0.717, 1.165) is 4.90 Å². The van der Waals surface area contributed by atoms with Crippen LogP contribution in [0.15, 0.2) is 35.2 Å². The van der Waals surface area contributed by atoms with Gasteiger partial charge in [-0.1, -0.05) is 39.0 Å². The summed E-state index contributed by atoms with van der Waals surface area (Å²) in [5.74, 6) is -0.774. The van der Waals surface area contributed by atoms with E-state index in [4.69, 9.17) is 9.16 Å². The van der Waals surface area contributed by atoms with Crippen molar-refractivity contribution in [3.63, 3.8) is 0 Å². The fourth-order valence-corrected chi connectivity index (χ4v) is 6.17. The lowest BCUT2D eigenvalue weighted by atomic mass is 9.79. The highest BCUT2D eigenvalue weighted by Crippen LogP contribution is 2.39. The number of rotatable bonds is 9. The van der Waals surface area contributed by atoms with Crippen molar-refractivity contribution in [1.29, 1.82) is 0 Å². The fraction of sp³-hybridized carbons (Fsp3) is 0.636. The lowest BCUT2D eigenvalue weighted by Gasteiger charge is -2.47. The Kier molecular flexibility index (Phi) is 8.04. The van der Waals surface area contributed by atoms with Gasteiger partial charge in [-0.2, -0.15) is 0 Å². The highest BCUT2D eigenvalue weighted by Gasteiger charge is 2.50. The second-order valence-corrected chi connectivity index (χ2v) is 15.8. The molecule has 0 radical (unpaired) electrons. The molecule has 5 atom stereocenters. The minimum Gasteiger partial charge on any atom is -0.465 e. The molecule has 0 spiro atoms. The number of amides is 1. The monoisotopic (exact) mass is 453 g/mol. The first-order valence-electron chi connectivity index (χ1n) is 10.4. The molecule has 0 bridgehead atoms. The van der Waals surface area contributed by atoms with E-state index in [-0.39, 0.29) is 41.5 Å². The van der Waals surface area contributed by atoms with Gasteiger partial charge < -0.3 is 14.5 Å². The van der Waals surface area contributed by atoms with Crippen LogP contribution in [0.2, 0.25) is 18.1 Å². The summed E-state index contributed by atoms with van der Waals surface area (Å²) in [5, 5.41) is 2.98. The maximum absolute atomic E-state index is 12.9. The smallest absolute Gasteiger partial charge is 0.302 e. The van der Waals surface area contributed by atoms with Crippen LogP contribution in [-0.4, -0.2) is 48.9 Å². The summed E-state index contributed by atoms with van der Waals surface area (Å²) in [4.78, 5) is 24.6. The molecule has 2 rings (SSSR count). The van der Waals surface area contributed by atoms with Crippen LogP contribution >= 0.6 is 0 Å². The molecule has 0 aromatic heterocycles. The predicted octanol–water partition coefficient (Wildman–Crippen LogP) is 3.50. The molecule has 0 saturated carbocycles. The largest absolute Gasteiger partial charge is 0.465 e. The molecule has 30 heavy (non-hydrogen) atoms. The first kappa shape index (κ1) is 24.8. The van der Waals surface area contributed by atoms with E-state index in [9.17, 15) is 13.8 Å². The first-order valence-corrected chi connectivity index (χ1v) is 14.6. The van der Waals surface area contributed by atoms with Crippen molar-refractivity contribution in [1.82, 2.24) is 5.32 Å². The molecule has 1 N–H and O–H groups in total. The summed E-state index contributed by atoms with van der Waals surface area (Å²) in [5.41, 5.74) is 0. The molecule has 168 valence electrons. The molecule has 1 saturated heterocycles. The van der Waals surface area contributed by atoms with Crippen molar-refractivity contribution in [2.24, 2.45) is 11.8 Å². The Morgan fingerprint density at radius 2 is 1.83 bits per heavy atom. The average Bonchev–Trinajstić information content (AvgIpc) is 2.62.